The number of rotatable bonds is 18. The van der Waals surface area contributed by atoms with E-state index in [-0.39, 0.29) is 24.3 Å². The van der Waals surface area contributed by atoms with Gasteiger partial charge in [-0.2, -0.15) is 26.0 Å². The smallest absolute Gasteiger partial charge is 0.374 e. The molecule has 0 radical (unpaired) electrons. The summed E-state index contributed by atoms with van der Waals surface area (Å²) in [7, 11) is -8.16. The van der Waals surface area contributed by atoms with Crippen LogP contribution in [0.1, 0.15) is 64.3 Å². The minimum absolute atomic E-state index is 0.269. The number of fused-ring (bicyclic) bond motifs is 8. The number of anilines is 2. The minimum atomic E-state index is -4.09. The van der Waals surface area contributed by atoms with Crippen molar-refractivity contribution in [3.05, 3.63) is 202 Å². The van der Waals surface area contributed by atoms with Gasteiger partial charge in [-0.15, -0.1) is 11.3 Å². The summed E-state index contributed by atoms with van der Waals surface area (Å²) in [6, 6.07) is 52.4. The molecule has 83 heavy (non-hydrogen) atoms. The summed E-state index contributed by atoms with van der Waals surface area (Å²) in [6.45, 7) is 11.1. The van der Waals surface area contributed by atoms with E-state index in [1.54, 1.807) is 34.4 Å². The number of thiophene rings is 1. The number of hydrogen-bond donors (Lipinski definition) is 2. The first-order valence-electron chi connectivity index (χ1n) is 27.9. The van der Waals surface area contributed by atoms with Gasteiger partial charge in [-0.05, 0) is 126 Å². The Hall–Kier alpha value is -7.35. The van der Waals surface area contributed by atoms with E-state index in [0.717, 1.165) is 123 Å². The number of nitrogens with zero attached hydrogens (tertiary/aromatic N) is 4. The van der Waals surface area contributed by atoms with Crippen molar-refractivity contribution in [2.45, 2.75) is 71.4 Å². The summed E-state index contributed by atoms with van der Waals surface area (Å²) < 4.78 is 84.2. The van der Waals surface area contributed by atoms with Crippen molar-refractivity contribution in [2.24, 2.45) is 0 Å². The summed E-state index contributed by atoms with van der Waals surface area (Å²) >= 11 is 4.94. The van der Waals surface area contributed by atoms with Crippen molar-refractivity contribution in [1.82, 2.24) is 0 Å². The molecule has 10 aromatic rings. The van der Waals surface area contributed by atoms with Gasteiger partial charge >= 0.3 is 5.89 Å². The number of allylic oxidation sites excluding steroid dienone is 4. The normalized spacial score (nSPS) is 14.8. The number of aryl methyl sites for hydroxylation is 2. The molecule has 12 nitrogen and oxygen atoms in total. The van der Waals surface area contributed by atoms with E-state index >= 15 is 0 Å². The third-order valence-electron chi connectivity index (χ3n) is 14.9. The summed E-state index contributed by atoms with van der Waals surface area (Å²) in [5.74, 6) is 1.94. The van der Waals surface area contributed by atoms with Gasteiger partial charge in [0.1, 0.15) is 11.2 Å². The lowest BCUT2D eigenvalue weighted by molar-refractivity contribution is -0.674. The number of thioether (sulfide) groups is 1. The molecule has 2 aliphatic heterocycles. The fraction of sp³-hybridized carbons (Fsp3) is 0.212. The molecule has 0 saturated heterocycles. The highest BCUT2D eigenvalue weighted by Gasteiger charge is 2.30. The van der Waals surface area contributed by atoms with Gasteiger partial charge < -0.3 is 19.0 Å². The molecule has 17 heteroatoms. The Bertz CT molecular complexity index is 4410. The Labute approximate surface area is 497 Å². The second-order valence-corrected chi connectivity index (χ2v) is 26.5. The average molecular weight is 1200 g/mol. The van der Waals surface area contributed by atoms with Crippen LogP contribution in [-0.4, -0.2) is 50.5 Å². The third kappa shape index (κ3) is 12.8. The van der Waals surface area contributed by atoms with Gasteiger partial charge in [-0.25, -0.2) is 0 Å². The van der Waals surface area contributed by atoms with Gasteiger partial charge in [0, 0.05) is 52.7 Å². The van der Waals surface area contributed by atoms with Gasteiger partial charge in [-0.1, -0.05) is 140 Å². The van der Waals surface area contributed by atoms with Crippen LogP contribution in [-0.2, 0) is 33.3 Å². The third-order valence-corrected chi connectivity index (χ3v) is 19.5. The number of benzene rings is 7. The molecule has 0 saturated carbocycles. The van der Waals surface area contributed by atoms with Crippen LogP contribution in [0.25, 0.3) is 76.6 Å². The van der Waals surface area contributed by atoms with Gasteiger partial charge in [0.25, 0.3) is 30.8 Å². The lowest BCUT2D eigenvalue weighted by Gasteiger charge is -2.22. The molecule has 2 aliphatic rings. The quantitative estimate of drug-likeness (QED) is 0.0625. The fourth-order valence-corrected chi connectivity index (χ4v) is 14.9. The number of oxazole rings is 1. The maximum Gasteiger partial charge on any atom is 0.374 e. The number of thiazole rings is 1. The molecule has 7 aromatic carbocycles. The molecular weight excluding hydrogens is 1140 g/mol. The Morgan fingerprint density at radius 2 is 1.31 bits per heavy atom. The van der Waals surface area contributed by atoms with Crippen molar-refractivity contribution in [3.8, 4) is 28.0 Å². The maximum atomic E-state index is 11.5. The second kappa shape index (κ2) is 24.9. The van der Waals surface area contributed by atoms with E-state index < -0.39 is 20.2 Å². The van der Waals surface area contributed by atoms with E-state index in [1.807, 2.05) is 24.3 Å². The maximum absolute atomic E-state index is 11.5. The zero-order valence-corrected chi connectivity index (χ0v) is 50.6. The van der Waals surface area contributed by atoms with Gasteiger partial charge in [0.15, 0.2) is 12.3 Å². The Morgan fingerprint density at radius 1 is 0.639 bits per heavy atom. The minimum Gasteiger partial charge on any atom is -0.439 e. The molecular formula is C66H64N4O8S5+2. The lowest BCUT2D eigenvalue weighted by atomic mass is 10.0. The largest absolute Gasteiger partial charge is 0.439 e. The lowest BCUT2D eigenvalue weighted by Crippen LogP contribution is -2.36. The molecule has 0 unspecified atom stereocenters. The Balaban J connectivity index is 0.000000175. The molecule has 2 N–H and O–H groups in total. The molecule has 0 bridgehead atoms. The highest BCUT2D eigenvalue weighted by Crippen LogP contribution is 2.50. The predicted octanol–water partition coefficient (Wildman–Crippen LogP) is 16.0. The van der Waals surface area contributed by atoms with Crippen LogP contribution in [0, 0.1) is 0 Å². The summed E-state index contributed by atoms with van der Waals surface area (Å²) in [6.07, 6.45) is 10.7. The van der Waals surface area contributed by atoms with Crippen LogP contribution >= 0.6 is 34.4 Å². The molecule has 0 amide bonds. The van der Waals surface area contributed by atoms with Crippen molar-refractivity contribution >= 4 is 120 Å². The fourth-order valence-electron chi connectivity index (χ4n) is 10.8. The molecule has 12 rings (SSSR count). The summed E-state index contributed by atoms with van der Waals surface area (Å²) in [5, 5.41) is 7.29. The first-order chi connectivity index (χ1) is 40.2. The molecule has 0 spiro atoms. The average Bonchev–Trinajstić information content (AvgIpc) is 3.53. The molecule has 0 atom stereocenters. The second-order valence-electron chi connectivity index (χ2n) is 20.2. The number of hydrogen-bond acceptors (Lipinski definition) is 11. The number of ether oxygens (including phenoxy) is 1. The van der Waals surface area contributed by atoms with E-state index in [2.05, 4.69) is 204 Å². The van der Waals surface area contributed by atoms with E-state index in [4.69, 9.17) is 9.15 Å². The molecule has 5 heterocycles. The first kappa shape index (κ1) is 57.5. The highest BCUT2D eigenvalue weighted by atomic mass is 32.2. The Kier molecular flexibility index (Phi) is 17.2. The van der Waals surface area contributed by atoms with Gasteiger partial charge in [0.2, 0.25) is 17.0 Å². The van der Waals surface area contributed by atoms with E-state index in [9.17, 15) is 25.9 Å². The van der Waals surface area contributed by atoms with Gasteiger partial charge in [0.05, 0.1) is 39.4 Å². The van der Waals surface area contributed by atoms with Crippen LogP contribution in [0.15, 0.2) is 201 Å². The summed E-state index contributed by atoms with van der Waals surface area (Å²) in [5.41, 5.74) is 12.1. The van der Waals surface area contributed by atoms with Crippen molar-refractivity contribution in [3.63, 3.8) is 0 Å². The van der Waals surface area contributed by atoms with Gasteiger partial charge in [-0.3, -0.25) is 9.11 Å². The van der Waals surface area contributed by atoms with E-state index in [0.29, 0.717) is 13.1 Å². The van der Waals surface area contributed by atoms with Crippen LogP contribution in [0.3, 0.4) is 0 Å². The SMILES string of the molecule is CCC(/C=C1\Sc2ccc3ccccc3c2N1CCCS(=O)(=O)O)=C\c1sc2ccc3sccc3c2[n+]1CCCS(=O)(=O)O.CCC(=C\c1oc2ccc(-c3ccccc3)cc2[n+]1CC)/C=C1/Oc2ccc(-c3ccccc3)cc2N1CC. The standard InChI is InChI=1S/C35H33N2O2.C31H30N2O6S5/c1-4-25(21-34-36(5-2)30-23-28(17-19-32(30)38-34)26-13-9-7-10-14-26)22-35-37(6-3)31-24-29(18-20-33(31)39-35)27-15-11-8-12-16-27;1-2-21(20-29-33(15-6-18-44(37,38)39)31-24-13-16-40-25(24)11-12-27(31)42-29)19-28-32(14-5-17-43(34,35)36)30-23-8-4-3-7-22(23)9-10-26(30)41-28/h7-24H,4-6H2,1-3H3;3-4,7-13,16,19-20H,2,5-6,14-15,17-18H2,1H3,(H-,34,35,36,37,38,39)/q+1;/p+1. The molecule has 424 valence electrons. The van der Waals surface area contributed by atoms with Crippen molar-refractivity contribution < 1.29 is 44.2 Å². The van der Waals surface area contributed by atoms with Crippen molar-refractivity contribution in [2.75, 3.05) is 34.4 Å². The molecule has 3 aromatic heterocycles. The summed E-state index contributed by atoms with van der Waals surface area (Å²) in [4.78, 5) is 5.47. The molecule has 0 fully saturated rings. The Morgan fingerprint density at radius 3 is 2.02 bits per heavy atom. The zero-order chi connectivity index (χ0) is 57.8. The van der Waals surface area contributed by atoms with Crippen LogP contribution in [0.4, 0.5) is 11.4 Å². The van der Waals surface area contributed by atoms with Crippen molar-refractivity contribution in [1.29, 1.82) is 0 Å². The number of aromatic nitrogens is 2. The topological polar surface area (TPSA) is 145 Å². The van der Waals surface area contributed by atoms with Crippen LogP contribution < -0.4 is 23.7 Å². The first-order valence-corrected chi connectivity index (χ1v) is 33.6. The monoisotopic (exact) mass is 1200 g/mol. The van der Waals surface area contributed by atoms with Crippen LogP contribution in [0.2, 0.25) is 0 Å². The van der Waals surface area contributed by atoms with E-state index in [1.165, 1.54) is 22.3 Å². The zero-order valence-electron chi connectivity index (χ0n) is 46.6. The molecule has 0 aliphatic carbocycles. The predicted molar refractivity (Wildman–Crippen MR) is 342 cm³/mol. The van der Waals surface area contributed by atoms with Crippen LogP contribution in [0.5, 0.6) is 5.75 Å². The highest BCUT2D eigenvalue weighted by molar-refractivity contribution is 8.03.